The Balaban J connectivity index is 2.94. The Kier molecular flexibility index (Phi) is 0.974. The summed E-state index contributed by atoms with van der Waals surface area (Å²) >= 11 is 0. The molecule has 0 aliphatic heterocycles. The zero-order chi connectivity index (χ0) is 7.84. The molecule has 0 saturated carbocycles. The van der Waals surface area contributed by atoms with Gasteiger partial charge in [-0.15, -0.1) is 0 Å². The van der Waals surface area contributed by atoms with E-state index in [9.17, 15) is 0 Å². The summed E-state index contributed by atoms with van der Waals surface area (Å²) in [6, 6.07) is 0. The van der Waals surface area contributed by atoms with Crippen molar-refractivity contribution in [3.8, 4) is 5.88 Å². The van der Waals surface area contributed by atoms with Gasteiger partial charge in [0.05, 0.1) is 0 Å². The molecule has 11 heavy (non-hydrogen) atoms. The first-order valence-electron chi connectivity index (χ1n) is 2.85. The number of aromatic nitrogens is 4. The first kappa shape index (κ1) is 5.90. The highest BCUT2D eigenvalue weighted by molar-refractivity contribution is 5.74. The van der Waals surface area contributed by atoms with E-state index >= 15 is 0 Å². The maximum absolute atomic E-state index is 9.05. The minimum absolute atomic E-state index is 0.190. The van der Waals surface area contributed by atoms with Crippen LogP contribution in [0.5, 0.6) is 5.88 Å². The van der Waals surface area contributed by atoms with Gasteiger partial charge in [0, 0.05) is 0 Å². The van der Waals surface area contributed by atoms with E-state index in [1.807, 2.05) is 0 Å². The third-order valence-electron chi connectivity index (χ3n) is 1.30. The lowest BCUT2D eigenvalue weighted by Crippen LogP contribution is -1.89. The number of aromatic hydroxyl groups is 1. The summed E-state index contributed by atoms with van der Waals surface area (Å²) < 4.78 is 0.719. The van der Waals surface area contributed by atoms with Crippen LogP contribution in [0.15, 0.2) is 12.7 Å². The van der Waals surface area contributed by atoms with Crippen LogP contribution in [0.25, 0.3) is 11.2 Å². The molecule has 0 radical (unpaired) electrons. The highest BCUT2D eigenvalue weighted by Gasteiger charge is 2.06. The van der Waals surface area contributed by atoms with Crippen molar-refractivity contribution in [2.24, 2.45) is 0 Å². The van der Waals surface area contributed by atoms with Gasteiger partial charge in [-0.1, -0.05) is 0 Å². The molecule has 2 rings (SSSR count). The minimum Gasteiger partial charge on any atom is -0.492 e. The average Bonchev–Trinajstić information content (AvgIpc) is 2.35. The Bertz CT molecular complexity index is 396. The van der Waals surface area contributed by atoms with Gasteiger partial charge in [0.15, 0.2) is 5.52 Å². The molecule has 0 amide bonds. The zero-order valence-electron chi connectivity index (χ0n) is 5.34. The van der Waals surface area contributed by atoms with Crippen LogP contribution < -0.4 is 0 Å². The molecule has 0 saturated heterocycles. The predicted molar refractivity (Wildman–Crippen MR) is 34.2 cm³/mol. The van der Waals surface area contributed by atoms with E-state index < -0.39 is 0 Å². The molecule has 2 aromatic heterocycles. The lowest BCUT2D eigenvalue weighted by atomic mass is 10.5. The van der Waals surface area contributed by atoms with Crippen LogP contribution in [0.1, 0.15) is 0 Å². The Morgan fingerprint density at radius 2 is 2.09 bits per heavy atom. The molecule has 2 heterocycles. The fourth-order valence-electron chi connectivity index (χ4n) is 0.811. The van der Waals surface area contributed by atoms with Gasteiger partial charge in [-0.3, -0.25) is 0 Å². The topological polar surface area (TPSA) is 84.1 Å². The van der Waals surface area contributed by atoms with E-state index in [1.54, 1.807) is 0 Å². The standard InChI is InChI=1S/C5H4N4O2/c10-5-3-4(6-1-7-5)9(11)2-8-3/h1-2,11H,(H,6,7,10). The SMILES string of the molecule is Oc1ncnc2c1ncn2O. The van der Waals surface area contributed by atoms with Crippen LogP contribution in [-0.2, 0) is 0 Å². The Labute approximate surface area is 60.7 Å². The van der Waals surface area contributed by atoms with E-state index in [-0.39, 0.29) is 17.0 Å². The molecule has 0 bridgehead atoms. The van der Waals surface area contributed by atoms with Gasteiger partial charge in [-0.25, -0.2) is 9.97 Å². The monoisotopic (exact) mass is 152 g/mol. The molecule has 0 atom stereocenters. The third kappa shape index (κ3) is 0.689. The summed E-state index contributed by atoms with van der Waals surface area (Å²) in [6.45, 7) is 0. The minimum atomic E-state index is -0.234. The van der Waals surface area contributed by atoms with Crippen molar-refractivity contribution in [2.45, 2.75) is 0 Å². The zero-order valence-corrected chi connectivity index (χ0v) is 5.34. The largest absolute Gasteiger partial charge is 0.492 e. The van der Waals surface area contributed by atoms with Crippen LogP contribution in [0.4, 0.5) is 0 Å². The highest BCUT2D eigenvalue weighted by Crippen LogP contribution is 2.15. The number of hydrogen-bond donors (Lipinski definition) is 2. The number of fused-ring (bicyclic) bond motifs is 1. The predicted octanol–water partition coefficient (Wildman–Crippen LogP) is -0.231. The third-order valence-corrected chi connectivity index (χ3v) is 1.30. The van der Waals surface area contributed by atoms with E-state index in [2.05, 4.69) is 15.0 Å². The van der Waals surface area contributed by atoms with Crippen molar-refractivity contribution >= 4 is 11.2 Å². The fraction of sp³-hybridized carbons (Fsp3) is 0. The number of rotatable bonds is 0. The van der Waals surface area contributed by atoms with Crippen molar-refractivity contribution in [3.63, 3.8) is 0 Å². The first-order valence-corrected chi connectivity index (χ1v) is 2.85. The Morgan fingerprint density at radius 3 is 2.82 bits per heavy atom. The Morgan fingerprint density at radius 1 is 1.27 bits per heavy atom. The normalized spacial score (nSPS) is 10.5. The maximum Gasteiger partial charge on any atom is 0.243 e. The summed E-state index contributed by atoms with van der Waals surface area (Å²) in [5, 5.41) is 18.0. The molecule has 0 aliphatic carbocycles. The molecule has 6 nitrogen and oxygen atoms in total. The number of nitrogens with zero attached hydrogens (tertiary/aromatic N) is 4. The molecule has 0 aromatic carbocycles. The summed E-state index contributed by atoms with van der Waals surface area (Å²) in [4.78, 5) is 10.8. The lowest BCUT2D eigenvalue weighted by Gasteiger charge is -1.91. The van der Waals surface area contributed by atoms with Gasteiger partial charge in [-0.2, -0.15) is 9.71 Å². The molecule has 0 spiro atoms. The second-order valence-corrected chi connectivity index (χ2v) is 1.96. The first-order chi connectivity index (χ1) is 5.29. The lowest BCUT2D eigenvalue weighted by molar-refractivity contribution is 0.196. The van der Waals surface area contributed by atoms with Crippen molar-refractivity contribution in [1.29, 1.82) is 0 Å². The van der Waals surface area contributed by atoms with Crippen molar-refractivity contribution in [2.75, 3.05) is 0 Å². The summed E-state index contributed by atoms with van der Waals surface area (Å²) in [7, 11) is 0. The van der Waals surface area contributed by atoms with Gasteiger partial charge < -0.3 is 10.3 Å². The van der Waals surface area contributed by atoms with E-state index in [4.69, 9.17) is 10.3 Å². The molecule has 56 valence electrons. The van der Waals surface area contributed by atoms with E-state index in [0.717, 1.165) is 17.4 Å². The second-order valence-electron chi connectivity index (χ2n) is 1.96. The van der Waals surface area contributed by atoms with E-state index in [0.29, 0.717) is 0 Å². The maximum atomic E-state index is 9.05. The van der Waals surface area contributed by atoms with Gasteiger partial charge in [0.2, 0.25) is 11.5 Å². The molecule has 0 unspecified atom stereocenters. The quantitative estimate of drug-likeness (QED) is 0.509. The summed E-state index contributed by atoms with van der Waals surface area (Å²) in [5.74, 6) is -0.234. The van der Waals surface area contributed by atoms with Crippen LogP contribution >= 0.6 is 0 Å². The van der Waals surface area contributed by atoms with Crippen LogP contribution in [0.2, 0.25) is 0 Å². The fourth-order valence-corrected chi connectivity index (χ4v) is 0.811. The molecule has 2 aromatic rings. The summed E-state index contributed by atoms with van der Waals surface area (Å²) in [5.41, 5.74) is 0.382. The highest BCUT2D eigenvalue weighted by atomic mass is 16.5. The van der Waals surface area contributed by atoms with Crippen LogP contribution in [0, 0.1) is 0 Å². The van der Waals surface area contributed by atoms with Crippen LogP contribution in [-0.4, -0.2) is 30.0 Å². The summed E-state index contributed by atoms with van der Waals surface area (Å²) in [6.07, 6.45) is 2.28. The Hall–Kier alpha value is -1.85. The second kappa shape index (κ2) is 1.82. The van der Waals surface area contributed by atoms with Gasteiger partial charge in [0.1, 0.15) is 12.7 Å². The molecule has 2 N–H and O–H groups in total. The van der Waals surface area contributed by atoms with Crippen molar-refractivity contribution in [1.82, 2.24) is 19.7 Å². The molecular weight excluding hydrogens is 148 g/mol. The van der Waals surface area contributed by atoms with Crippen LogP contribution in [0.3, 0.4) is 0 Å². The molecular formula is C5H4N4O2. The van der Waals surface area contributed by atoms with Crippen molar-refractivity contribution < 1.29 is 10.3 Å². The van der Waals surface area contributed by atoms with E-state index in [1.165, 1.54) is 0 Å². The number of imidazole rings is 1. The molecule has 0 aliphatic rings. The number of hydrogen-bond acceptors (Lipinski definition) is 5. The average molecular weight is 152 g/mol. The molecule has 0 fully saturated rings. The molecule has 6 heteroatoms. The van der Waals surface area contributed by atoms with Crippen molar-refractivity contribution in [3.05, 3.63) is 12.7 Å². The smallest absolute Gasteiger partial charge is 0.243 e. The van der Waals surface area contributed by atoms with Gasteiger partial charge in [-0.05, 0) is 0 Å². The van der Waals surface area contributed by atoms with Gasteiger partial charge in [0.25, 0.3) is 0 Å². The van der Waals surface area contributed by atoms with Gasteiger partial charge >= 0.3 is 0 Å².